The van der Waals surface area contributed by atoms with Crippen molar-refractivity contribution < 1.29 is 0 Å². The molecule has 1 aliphatic heterocycles. The molecule has 130 valence electrons. The Morgan fingerprint density at radius 2 is 1.62 bits per heavy atom. The van der Waals surface area contributed by atoms with E-state index in [0.717, 1.165) is 24.3 Å². The molecule has 5 rings (SSSR count). The van der Waals surface area contributed by atoms with Gasteiger partial charge in [0.15, 0.2) is 0 Å². The number of pyridine rings is 1. The number of aromatic nitrogens is 1. The van der Waals surface area contributed by atoms with Crippen molar-refractivity contribution in [2.45, 2.75) is 6.04 Å². The quantitative estimate of drug-likeness (QED) is 0.765. The number of anilines is 2. The van der Waals surface area contributed by atoms with Gasteiger partial charge in [-0.15, -0.1) is 0 Å². The standard InChI is InChI=1S/C22H22N4/c23-21-8-4-7-20(25-21)17-11-15(26-12-18-19(13-26)22(18)24)9-10-16(17)14-5-2-1-3-6-14/h1-11,18-19,22H,12-13,24H2,(H2,23,25). The molecular weight excluding hydrogens is 320 g/mol. The third-order valence-corrected chi connectivity index (χ3v) is 5.76. The number of nitrogens with two attached hydrogens (primary N) is 2. The third-order valence-electron chi connectivity index (χ3n) is 5.76. The Bertz CT molecular complexity index is 941. The lowest BCUT2D eigenvalue weighted by molar-refractivity contribution is 0.743. The molecule has 2 unspecified atom stereocenters. The van der Waals surface area contributed by atoms with E-state index in [-0.39, 0.29) is 0 Å². The minimum Gasteiger partial charge on any atom is -0.384 e. The first-order chi connectivity index (χ1) is 12.7. The first-order valence-corrected chi connectivity index (χ1v) is 9.13. The van der Waals surface area contributed by atoms with Gasteiger partial charge in [-0.25, -0.2) is 4.98 Å². The average Bonchev–Trinajstić information content (AvgIpc) is 3.07. The number of fused-ring (bicyclic) bond motifs is 1. The third kappa shape index (κ3) is 2.54. The van der Waals surface area contributed by atoms with Crippen LogP contribution in [0, 0.1) is 11.8 Å². The molecule has 0 radical (unpaired) electrons. The number of hydrogen-bond acceptors (Lipinski definition) is 4. The second kappa shape index (κ2) is 5.85. The largest absolute Gasteiger partial charge is 0.384 e. The van der Waals surface area contributed by atoms with Crippen LogP contribution in [0.5, 0.6) is 0 Å². The highest BCUT2D eigenvalue weighted by Crippen LogP contribution is 2.46. The molecule has 2 heterocycles. The van der Waals surface area contributed by atoms with E-state index in [1.165, 1.54) is 16.8 Å². The summed E-state index contributed by atoms with van der Waals surface area (Å²) in [7, 11) is 0. The maximum Gasteiger partial charge on any atom is 0.124 e. The van der Waals surface area contributed by atoms with Crippen LogP contribution in [0.25, 0.3) is 22.4 Å². The SMILES string of the molecule is Nc1cccc(-c2cc(N3CC4C(N)C4C3)ccc2-c2ccccc2)n1. The zero-order valence-corrected chi connectivity index (χ0v) is 14.5. The molecule has 1 aliphatic carbocycles. The Kier molecular flexibility index (Phi) is 3.47. The highest BCUT2D eigenvalue weighted by molar-refractivity contribution is 5.85. The Morgan fingerprint density at radius 3 is 2.35 bits per heavy atom. The van der Waals surface area contributed by atoms with Crippen molar-refractivity contribution in [2.24, 2.45) is 17.6 Å². The van der Waals surface area contributed by atoms with E-state index >= 15 is 0 Å². The molecule has 0 amide bonds. The molecule has 4 heteroatoms. The smallest absolute Gasteiger partial charge is 0.124 e. The summed E-state index contributed by atoms with van der Waals surface area (Å²) in [6.45, 7) is 2.11. The molecule has 2 fully saturated rings. The van der Waals surface area contributed by atoms with Crippen molar-refractivity contribution >= 4 is 11.5 Å². The molecule has 1 saturated carbocycles. The van der Waals surface area contributed by atoms with Gasteiger partial charge in [-0.3, -0.25) is 0 Å². The van der Waals surface area contributed by atoms with Crippen LogP contribution in [0.2, 0.25) is 0 Å². The van der Waals surface area contributed by atoms with Gasteiger partial charge in [0.05, 0.1) is 5.69 Å². The molecule has 2 aliphatic rings. The summed E-state index contributed by atoms with van der Waals surface area (Å²) >= 11 is 0. The van der Waals surface area contributed by atoms with Crippen LogP contribution in [0.4, 0.5) is 11.5 Å². The zero-order valence-electron chi connectivity index (χ0n) is 14.5. The second-order valence-electron chi connectivity index (χ2n) is 7.35. The Hall–Kier alpha value is -2.85. The van der Waals surface area contributed by atoms with Crippen LogP contribution in [0.3, 0.4) is 0 Å². The van der Waals surface area contributed by atoms with Gasteiger partial charge >= 0.3 is 0 Å². The van der Waals surface area contributed by atoms with Crippen LogP contribution in [-0.4, -0.2) is 24.1 Å². The van der Waals surface area contributed by atoms with Crippen molar-refractivity contribution in [3.8, 4) is 22.4 Å². The van der Waals surface area contributed by atoms with Gasteiger partial charge in [0.2, 0.25) is 0 Å². The minimum absolute atomic E-state index is 0.407. The second-order valence-corrected chi connectivity index (χ2v) is 7.35. The monoisotopic (exact) mass is 342 g/mol. The lowest BCUT2D eigenvalue weighted by Gasteiger charge is -2.23. The number of benzene rings is 2. The van der Waals surface area contributed by atoms with Gasteiger partial charge in [0.25, 0.3) is 0 Å². The highest BCUT2D eigenvalue weighted by Gasteiger charge is 2.53. The van der Waals surface area contributed by atoms with Crippen molar-refractivity contribution in [1.82, 2.24) is 4.98 Å². The molecule has 3 aromatic rings. The maximum atomic E-state index is 6.10. The summed E-state index contributed by atoms with van der Waals surface area (Å²) in [5, 5.41) is 0. The fraction of sp³-hybridized carbons (Fsp3) is 0.227. The fourth-order valence-corrected chi connectivity index (χ4v) is 4.19. The number of nitrogens with zero attached hydrogens (tertiary/aromatic N) is 2. The summed E-state index contributed by atoms with van der Waals surface area (Å²) in [6.07, 6.45) is 0. The van der Waals surface area contributed by atoms with Crippen LogP contribution < -0.4 is 16.4 Å². The molecule has 1 aromatic heterocycles. The van der Waals surface area contributed by atoms with Crippen LogP contribution in [0.1, 0.15) is 0 Å². The van der Waals surface area contributed by atoms with Gasteiger partial charge < -0.3 is 16.4 Å². The summed E-state index contributed by atoms with van der Waals surface area (Å²) in [6, 6.07) is 23.3. The highest BCUT2D eigenvalue weighted by atomic mass is 15.2. The lowest BCUT2D eigenvalue weighted by atomic mass is 9.96. The van der Waals surface area contributed by atoms with E-state index in [2.05, 4.69) is 52.3 Å². The van der Waals surface area contributed by atoms with Gasteiger partial charge in [-0.1, -0.05) is 42.5 Å². The molecule has 0 spiro atoms. The van der Waals surface area contributed by atoms with E-state index < -0.39 is 0 Å². The Labute approximate surface area is 153 Å². The molecule has 4 N–H and O–H groups in total. The number of rotatable bonds is 3. The molecule has 26 heavy (non-hydrogen) atoms. The van der Waals surface area contributed by atoms with E-state index in [1.807, 2.05) is 24.3 Å². The lowest BCUT2D eigenvalue weighted by Crippen LogP contribution is -2.27. The van der Waals surface area contributed by atoms with Crippen molar-refractivity contribution in [1.29, 1.82) is 0 Å². The summed E-state index contributed by atoms with van der Waals surface area (Å²) < 4.78 is 0. The first kappa shape index (κ1) is 15.4. The Morgan fingerprint density at radius 1 is 0.846 bits per heavy atom. The van der Waals surface area contributed by atoms with Crippen LogP contribution in [-0.2, 0) is 0 Å². The van der Waals surface area contributed by atoms with Crippen molar-refractivity contribution in [3.05, 3.63) is 66.7 Å². The van der Waals surface area contributed by atoms with E-state index in [0.29, 0.717) is 23.7 Å². The molecular formula is C22H22N4. The van der Waals surface area contributed by atoms with E-state index in [4.69, 9.17) is 11.5 Å². The van der Waals surface area contributed by atoms with Crippen LogP contribution in [0.15, 0.2) is 66.7 Å². The zero-order chi connectivity index (χ0) is 17.7. The van der Waals surface area contributed by atoms with Gasteiger partial charge in [0, 0.05) is 30.4 Å². The van der Waals surface area contributed by atoms with E-state index in [1.54, 1.807) is 0 Å². The summed E-state index contributed by atoms with van der Waals surface area (Å²) in [4.78, 5) is 7.02. The molecule has 0 bridgehead atoms. The minimum atomic E-state index is 0.407. The number of hydrogen-bond donors (Lipinski definition) is 2. The molecule has 4 nitrogen and oxygen atoms in total. The predicted molar refractivity (Wildman–Crippen MR) is 107 cm³/mol. The van der Waals surface area contributed by atoms with E-state index in [9.17, 15) is 0 Å². The van der Waals surface area contributed by atoms with Crippen molar-refractivity contribution in [2.75, 3.05) is 23.7 Å². The maximum absolute atomic E-state index is 6.10. The van der Waals surface area contributed by atoms with Gasteiger partial charge in [0.1, 0.15) is 5.82 Å². The summed E-state index contributed by atoms with van der Waals surface area (Å²) in [5.74, 6) is 1.87. The normalized spacial score (nSPS) is 23.7. The molecule has 1 saturated heterocycles. The predicted octanol–water partition coefficient (Wildman–Crippen LogP) is 3.39. The topological polar surface area (TPSA) is 68.2 Å². The molecule has 2 atom stereocenters. The summed E-state index contributed by atoms with van der Waals surface area (Å²) in [5.41, 5.74) is 17.7. The Balaban J connectivity index is 1.59. The molecule has 2 aromatic carbocycles. The van der Waals surface area contributed by atoms with Gasteiger partial charge in [-0.2, -0.15) is 0 Å². The first-order valence-electron chi connectivity index (χ1n) is 9.13. The number of nitrogen functional groups attached to an aromatic ring is 1. The van der Waals surface area contributed by atoms with Crippen LogP contribution >= 0.6 is 0 Å². The average molecular weight is 342 g/mol. The van der Waals surface area contributed by atoms with Crippen molar-refractivity contribution in [3.63, 3.8) is 0 Å². The van der Waals surface area contributed by atoms with Gasteiger partial charge in [-0.05, 0) is 47.2 Å². The number of piperidine rings is 1. The fourth-order valence-electron chi connectivity index (χ4n) is 4.19.